The van der Waals surface area contributed by atoms with Gasteiger partial charge >= 0.3 is 5.97 Å². The van der Waals surface area contributed by atoms with Gasteiger partial charge in [0.25, 0.3) is 5.91 Å². The Kier molecular flexibility index (Phi) is 7.76. The maximum absolute atomic E-state index is 12.8. The van der Waals surface area contributed by atoms with Crippen LogP contribution >= 0.6 is 27.7 Å². The molecule has 0 aliphatic carbocycles. The van der Waals surface area contributed by atoms with E-state index in [1.54, 1.807) is 56.6 Å². The molecule has 0 spiro atoms. The fourth-order valence-electron chi connectivity index (χ4n) is 2.81. The summed E-state index contributed by atoms with van der Waals surface area (Å²) in [5, 5.41) is 0.532. The van der Waals surface area contributed by atoms with E-state index in [9.17, 15) is 9.59 Å². The molecule has 9 heteroatoms. The van der Waals surface area contributed by atoms with Gasteiger partial charge in [0, 0.05) is 7.05 Å². The maximum Gasteiger partial charge on any atom is 0.337 e. The molecule has 32 heavy (non-hydrogen) atoms. The number of ether oxygens (including phenoxy) is 3. The zero-order valence-corrected chi connectivity index (χ0v) is 20.2. The molecule has 1 aliphatic rings. The molecule has 166 valence electrons. The van der Waals surface area contributed by atoms with Crippen molar-refractivity contribution in [3.05, 3.63) is 69.6 Å². The summed E-state index contributed by atoms with van der Waals surface area (Å²) < 4.78 is 16.5. The Hall–Kier alpha value is -3.04. The molecule has 1 fully saturated rings. The highest BCUT2D eigenvalue weighted by Gasteiger charge is 2.30. The first kappa shape index (κ1) is 23.6. The van der Waals surface area contributed by atoms with Crippen molar-refractivity contribution in [1.82, 2.24) is 4.90 Å². The van der Waals surface area contributed by atoms with Gasteiger partial charge in [-0.25, -0.2) is 9.79 Å². The van der Waals surface area contributed by atoms with E-state index in [-0.39, 0.29) is 5.91 Å². The van der Waals surface area contributed by atoms with Gasteiger partial charge in [0.15, 0.2) is 16.7 Å². The molecule has 0 saturated carbocycles. The molecule has 1 amide bonds. The number of rotatable bonds is 7. The summed E-state index contributed by atoms with van der Waals surface area (Å²) in [5.74, 6) is 0.521. The van der Waals surface area contributed by atoms with Crippen molar-refractivity contribution in [2.45, 2.75) is 0 Å². The monoisotopic (exact) mass is 516 g/mol. The minimum Gasteiger partial charge on any atom is -0.493 e. The van der Waals surface area contributed by atoms with Crippen LogP contribution in [-0.4, -0.2) is 49.8 Å². The Morgan fingerprint density at radius 2 is 1.97 bits per heavy atom. The van der Waals surface area contributed by atoms with Gasteiger partial charge in [-0.05, 0) is 75.7 Å². The normalized spacial score (nSPS) is 15.9. The van der Waals surface area contributed by atoms with Crippen LogP contribution in [-0.2, 0) is 9.53 Å². The van der Waals surface area contributed by atoms with Crippen molar-refractivity contribution in [2.75, 3.05) is 27.9 Å². The fourth-order valence-corrected chi connectivity index (χ4v) is 4.37. The van der Waals surface area contributed by atoms with Gasteiger partial charge in [-0.3, -0.25) is 9.69 Å². The third-order valence-corrected chi connectivity index (χ3v) is 6.06. The number of esters is 1. The first-order valence-corrected chi connectivity index (χ1v) is 11.0. The van der Waals surface area contributed by atoms with E-state index in [1.807, 2.05) is 6.07 Å². The molecule has 7 nitrogen and oxygen atoms in total. The second-order valence-electron chi connectivity index (χ2n) is 6.54. The van der Waals surface area contributed by atoms with Gasteiger partial charge in [0.1, 0.15) is 6.61 Å². The highest BCUT2D eigenvalue weighted by molar-refractivity contribution is 9.10. The van der Waals surface area contributed by atoms with Crippen molar-refractivity contribution in [2.24, 2.45) is 4.99 Å². The van der Waals surface area contributed by atoms with E-state index < -0.39 is 5.97 Å². The summed E-state index contributed by atoms with van der Waals surface area (Å²) in [6, 6.07) is 10.3. The zero-order valence-electron chi connectivity index (χ0n) is 17.8. The predicted molar refractivity (Wildman–Crippen MR) is 130 cm³/mol. The van der Waals surface area contributed by atoms with Crippen LogP contribution in [0, 0.1) is 0 Å². The molecule has 3 rings (SSSR count). The third-order valence-electron chi connectivity index (χ3n) is 4.41. The summed E-state index contributed by atoms with van der Waals surface area (Å²) in [6.45, 7) is 3.99. The van der Waals surface area contributed by atoms with Gasteiger partial charge in [-0.2, -0.15) is 0 Å². The number of nitrogens with zero attached hydrogens (tertiary/aromatic N) is 2. The van der Waals surface area contributed by atoms with Crippen LogP contribution in [0.3, 0.4) is 0 Å². The number of halogens is 1. The van der Waals surface area contributed by atoms with Crippen LogP contribution in [0.1, 0.15) is 15.9 Å². The van der Waals surface area contributed by atoms with Crippen LogP contribution in [0.5, 0.6) is 11.5 Å². The van der Waals surface area contributed by atoms with Crippen molar-refractivity contribution in [3.8, 4) is 11.5 Å². The average Bonchev–Trinajstić information content (AvgIpc) is 3.05. The first-order chi connectivity index (χ1) is 15.4. The lowest BCUT2D eigenvalue weighted by Crippen LogP contribution is -2.23. The number of likely N-dealkylation sites (N-methyl/N-ethyl adjacent to an activating group) is 1. The minimum absolute atomic E-state index is 0.165. The standard InChI is InChI=1S/C23H21BrN2O5S/c1-5-10-31-20-17(24)11-14(12-18(20)29-3)13-19-21(27)26(2)23(32-19)25-16-8-6-15(7-9-16)22(28)30-4/h5-9,11-13H,1,10H2,2-4H3/b19-13+,25-23?. The molecule has 1 saturated heterocycles. The molecule has 0 bridgehead atoms. The maximum atomic E-state index is 12.8. The van der Waals surface area contributed by atoms with Gasteiger partial charge in [-0.1, -0.05) is 12.7 Å². The number of carbonyl (C=O) groups is 2. The molecule has 1 aliphatic heterocycles. The molecule has 0 atom stereocenters. The number of hydrogen-bond acceptors (Lipinski definition) is 7. The first-order valence-electron chi connectivity index (χ1n) is 9.43. The zero-order chi connectivity index (χ0) is 23.3. The summed E-state index contributed by atoms with van der Waals surface area (Å²) in [6.07, 6.45) is 3.42. The number of hydrogen-bond donors (Lipinski definition) is 0. The molecule has 2 aromatic carbocycles. The van der Waals surface area contributed by atoms with E-state index in [0.29, 0.717) is 43.9 Å². The van der Waals surface area contributed by atoms with Crippen LogP contribution in [0.2, 0.25) is 0 Å². The SMILES string of the molecule is C=CCOc1c(Br)cc(/C=C2/SC(=Nc3ccc(C(=O)OC)cc3)N(C)C2=O)cc1OC. The second-order valence-corrected chi connectivity index (χ2v) is 8.40. The van der Waals surface area contributed by atoms with Gasteiger partial charge in [-0.15, -0.1) is 0 Å². The van der Waals surface area contributed by atoms with Crippen LogP contribution in [0.15, 0.2) is 63.4 Å². The topological polar surface area (TPSA) is 77.4 Å². The van der Waals surface area contributed by atoms with Crippen LogP contribution in [0.4, 0.5) is 5.69 Å². The molecule has 2 aromatic rings. The summed E-state index contributed by atoms with van der Waals surface area (Å²) in [5.41, 5.74) is 1.82. The second kappa shape index (κ2) is 10.5. The summed E-state index contributed by atoms with van der Waals surface area (Å²) in [7, 11) is 4.55. The highest BCUT2D eigenvalue weighted by Crippen LogP contribution is 2.39. The van der Waals surface area contributed by atoms with Crippen molar-refractivity contribution in [1.29, 1.82) is 0 Å². The van der Waals surface area contributed by atoms with Crippen molar-refractivity contribution < 1.29 is 23.8 Å². The van der Waals surface area contributed by atoms with E-state index >= 15 is 0 Å². The number of thioether (sulfide) groups is 1. The Morgan fingerprint density at radius 3 is 2.59 bits per heavy atom. The number of aliphatic imine (C=N–C) groups is 1. The van der Waals surface area contributed by atoms with E-state index in [1.165, 1.54) is 23.8 Å². The van der Waals surface area contributed by atoms with Crippen molar-refractivity contribution >= 4 is 56.5 Å². The van der Waals surface area contributed by atoms with Crippen molar-refractivity contribution in [3.63, 3.8) is 0 Å². The lowest BCUT2D eigenvalue weighted by atomic mass is 10.2. The molecular formula is C23H21BrN2O5S. The van der Waals surface area contributed by atoms with Gasteiger partial charge < -0.3 is 14.2 Å². The Labute approximate surface area is 198 Å². The molecule has 0 radical (unpaired) electrons. The van der Waals surface area contributed by atoms with E-state index in [2.05, 4.69) is 27.5 Å². The number of amidine groups is 1. The molecule has 0 unspecified atom stereocenters. The van der Waals surface area contributed by atoms with Crippen LogP contribution in [0.25, 0.3) is 6.08 Å². The molecule has 1 heterocycles. The largest absolute Gasteiger partial charge is 0.493 e. The van der Waals surface area contributed by atoms with Crippen LogP contribution < -0.4 is 9.47 Å². The average molecular weight is 517 g/mol. The van der Waals surface area contributed by atoms with E-state index in [0.717, 1.165) is 5.56 Å². The molecule has 0 N–H and O–H groups in total. The molecular weight excluding hydrogens is 496 g/mol. The Bertz CT molecular complexity index is 1110. The number of carbonyl (C=O) groups excluding carboxylic acids is 2. The molecule has 0 aromatic heterocycles. The number of benzene rings is 2. The van der Waals surface area contributed by atoms with Gasteiger partial charge in [0.2, 0.25) is 0 Å². The lowest BCUT2D eigenvalue weighted by Gasteiger charge is -2.12. The fraction of sp³-hybridized carbons (Fsp3) is 0.174. The van der Waals surface area contributed by atoms with E-state index in [4.69, 9.17) is 14.2 Å². The predicted octanol–water partition coefficient (Wildman–Crippen LogP) is 5.04. The smallest absolute Gasteiger partial charge is 0.337 e. The Morgan fingerprint density at radius 1 is 1.25 bits per heavy atom. The highest BCUT2D eigenvalue weighted by atomic mass is 79.9. The number of amides is 1. The summed E-state index contributed by atoms with van der Waals surface area (Å²) >= 11 is 4.76. The third kappa shape index (κ3) is 5.23. The van der Waals surface area contributed by atoms with Gasteiger partial charge in [0.05, 0.1) is 34.8 Å². The number of methoxy groups -OCH3 is 2. The lowest BCUT2D eigenvalue weighted by molar-refractivity contribution is -0.121. The minimum atomic E-state index is -0.417. The summed E-state index contributed by atoms with van der Waals surface area (Å²) in [4.78, 5) is 30.9. The quantitative estimate of drug-likeness (QED) is 0.291. The Balaban J connectivity index is 1.86.